The smallest absolute Gasteiger partial charge is 0.290 e. The van der Waals surface area contributed by atoms with E-state index in [1.807, 2.05) is 37.3 Å². The second kappa shape index (κ2) is 8.84. The van der Waals surface area contributed by atoms with Gasteiger partial charge in [0.05, 0.1) is 6.07 Å². The predicted molar refractivity (Wildman–Crippen MR) is 80.7 cm³/mol. The van der Waals surface area contributed by atoms with Gasteiger partial charge >= 0.3 is 0 Å². The zero-order valence-electron chi connectivity index (χ0n) is 12.6. The molecule has 0 aliphatic carbocycles. The topological polar surface area (TPSA) is 73.6 Å². The van der Waals surface area contributed by atoms with Crippen molar-refractivity contribution in [1.29, 1.82) is 0 Å². The number of hydrogen-bond acceptors (Lipinski definition) is 5. The number of carbonyl (C=O) groups excluding carboxylic acids is 1. The van der Waals surface area contributed by atoms with Crippen LogP contribution in [0.25, 0.3) is 0 Å². The molecule has 0 bridgehead atoms. The minimum absolute atomic E-state index is 0.138. The van der Waals surface area contributed by atoms with Crippen LogP contribution < -0.4 is 10.1 Å². The number of ether oxygens (including phenoxy) is 2. The molecule has 2 rings (SSSR count). The summed E-state index contributed by atoms with van der Waals surface area (Å²) in [7, 11) is 0. The van der Waals surface area contributed by atoms with Gasteiger partial charge in [-0.25, -0.2) is 0 Å². The molecule has 0 atom stereocenters. The zero-order chi connectivity index (χ0) is 15.6. The molecule has 0 saturated heterocycles. The number of amides is 1. The van der Waals surface area contributed by atoms with Gasteiger partial charge in [-0.05, 0) is 24.1 Å². The fourth-order valence-electron chi connectivity index (χ4n) is 1.77. The van der Waals surface area contributed by atoms with E-state index in [9.17, 15) is 4.79 Å². The highest BCUT2D eigenvalue weighted by atomic mass is 16.5. The van der Waals surface area contributed by atoms with Crippen LogP contribution in [-0.4, -0.2) is 30.8 Å². The molecule has 1 N–H and O–H groups in total. The maximum atomic E-state index is 11.8. The molecule has 6 nitrogen and oxygen atoms in total. The first-order chi connectivity index (χ1) is 10.8. The quantitative estimate of drug-likeness (QED) is 0.720. The van der Waals surface area contributed by atoms with Crippen molar-refractivity contribution in [2.24, 2.45) is 0 Å². The van der Waals surface area contributed by atoms with E-state index in [1.165, 1.54) is 6.07 Å². The molecule has 2 aromatic rings. The molecule has 6 heteroatoms. The number of nitrogens with one attached hydrogen (secondary N) is 1. The molecule has 0 spiro atoms. The number of aromatic nitrogens is 1. The van der Waals surface area contributed by atoms with E-state index in [4.69, 9.17) is 14.0 Å². The Morgan fingerprint density at radius 1 is 1.32 bits per heavy atom. The molecule has 1 heterocycles. The largest absolute Gasteiger partial charge is 0.471 e. The molecule has 0 unspecified atom stereocenters. The summed E-state index contributed by atoms with van der Waals surface area (Å²) in [5.41, 5.74) is 1.02. The first-order valence-corrected chi connectivity index (χ1v) is 7.29. The number of hydrogen-bond donors (Lipinski definition) is 1. The molecule has 22 heavy (non-hydrogen) atoms. The maximum absolute atomic E-state index is 11.8. The molecule has 0 fully saturated rings. The lowest BCUT2D eigenvalue weighted by Crippen LogP contribution is -2.24. The Bertz CT molecular complexity index is 569. The Labute approximate surface area is 129 Å². The van der Waals surface area contributed by atoms with Crippen LogP contribution in [0.4, 0.5) is 0 Å². The highest BCUT2D eigenvalue weighted by Gasteiger charge is 2.13. The normalized spacial score (nSPS) is 10.4. The Morgan fingerprint density at radius 2 is 2.14 bits per heavy atom. The van der Waals surface area contributed by atoms with E-state index in [2.05, 4.69) is 10.5 Å². The summed E-state index contributed by atoms with van der Waals surface area (Å²) in [6, 6.07) is 11.2. The van der Waals surface area contributed by atoms with Crippen molar-refractivity contribution in [3.63, 3.8) is 0 Å². The summed E-state index contributed by atoms with van der Waals surface area (Å²) in [6.45, 7) is 4.14. The molecular formula is C16H20N2O4. The standard InChI is InChI=1S/C16H20N2O4/c1-2-20-10-6-9-17-16(19)14-11-15(18-22-14)21-12-13-7-4-3-5-8-13/h3-5,7-8,11H,2,6,9-10,12H2,1H3,(H,17,19). The summed E-state index contributed by atoms with van der Waals surface area (Å²) < 4.78 is 15.6. The van der Waals surface area contributed by atoms with Crippen LogP contribution in [0, 0.1) is 0 Å². The number of benzene rings is 1. The number of nitrogens with zero attached hydrogens (tertiary/aromatic N) is 1. The molecule has 118 valence electrons. The second-order valence-electron chi connectivity index (χ2n) is 4.61. The first-order valence-electron chi connectivity index (χ1n) is 7.29. The van der Waals surface area contributed by atoms with Crippen LogP contribution in [0.2, 0.25) is 0 Å². The third-order valence-corrected chi connectivity index (χ3v) is 2.90. The van der Waals surface area contributed by atoms with Crippen LogP contribution in [-0.2, 0) is 11.3 Å². The number of rotatable bonds is 9. The van der Waals surface area contributed by atoms with Gasteiger partial charge in [0.15, 0.2) is 0 Å². The third-order valence-electron chi connectivity index (χ3n) is 2.90. The van der Waals surface area contributed by atoms with Gasteiger partial charge in [-0.15, -0.1) is 0 Å². The highest BCUT2D eigenvalue weighted by molar-refractivity contribution is 5.91. The minimum Gasteiger partial charge on any atom is -0.471 e. The van der Waals surface area contributed by atoms with Gasteiger partial charge in [-0.1, -0.05) is 30.3 Å². The van der Waals surface area contributed by atoms with E-state index in [-0.39, 0.29) is 11.7 Å². The van der Waals surface area contributed by atoms with Crippen LogP contribution in [0.1, 0.15) is 29.5 Å². The van der Waals surface area contributed by atoms with Gasteiger partial charge in [0, 0.05) is 19.8 Å². The fourth-order valence-corrected chi connectivity index (χ4v) is 1.77. The lowest BCUT2D eigenvalue weighted by Gasteiger charge is -2.02. The van der Waals surface area contributed by atoms with Crippen LogP contribution in [0.15, 0.2) is 40.9 Å². The zero-order valence-corrected chi connectivity index (χ0v) is 12.6. The molecule has 1 aromatic carbocycles. The Morgan fingerprint density at radius 3 is 2.91 bits per heavy atom. The summed E-state index contributed by atoms with van der Waals surface area (Å²) in [4.78, 5) is 11.8. The van der Waals surface area contributed by atoms with Gasteiger partial charge in [0.25, 0.3) is 11.8 Å². The van der Waals surface area contributed by atoms with E-state index < -0.39 is 0 Å². The summed E-state index contributed by atoms with van der Waals surface area (Å²) in [5, 5.41) is 6.46. The van der Waals surface area contributed by atoms with Crippen molar-refractivity contribution < 1.29 is 18.8 Å². The average molecular weight is 304 g/mol. The Kier molecular flexibility index (Phi) is 6.44. The van der Waals surface area contributed by atoms with Gasteiger partial charge < -0.3 is 19.3 Å². The van der Waals surface area contributed by atoms with Crippen molar-refractivity contribution in [2.45, 2.75) is 20.0 Å². The van der Waals surface area contributed by atoms with Crippen LogP contribution >= 0.6 is 0 Å². The predicted octanol–water partition coefficient (Wildman–Crippen LogP) is 2.41. The molecular weight excluding hydrogens is 284 g/mol. The van der Waals surface area contributed by atoms with Crippen LogP contribution in [0.3, 0.4) is 0 Å². The van der Waals surface area contributed by atoms with Crippen molar-refractivity contribution in [2.75, 3.05) is 19.8 Å². The molecule has 0 aliphatic rings. The monoisotopic (exact) mass is 304 g/mol. The van der Waals surface area contributed by atoms with E-state index >= 15 is 0 Å². The summed E-state index contributed by atoms with van der Waals surface area (Å²) >= 11 is 0. The van der Waals surface area contributed by atoms with E-state index in [1.54, 1.807) is 0 Å². The lowest BCUT2D eigenvalue weighted by atomic mass is 10.2. The SMILES string of the molecule is CCOCCCNC(=O)c1cc(OCc2ccccc2)no1. The van der Waals surface area contributed by atoms with Gasteiger partial charge in [-0.2, -0.15) is 0 Å². The molecule has 0 aliphatic heterocycles. The van der Waals surface area contributed by atoms with Crippen molar-refractivity contribution in [3.05, 3.63) is 47.7 Å². The average Bonchev–Trinajstić information content (AvgIpc) is 3.03. The van der Waals surface area contributed by atoms with Gasteiger partial charge in [-0.3, -0.25) is 4.79 Å². The van der Waals surface area contributed by atoms with Crippen molar-refractivity contribution in [3.8, 4) is 5.88 Å². The lowest BCUT2D eigenvalue weighted by molar-refractivity contribution is 0.0907. The molecule has 1 amide bonds. The van der Waals surface area contributed by atoms with Gasteiger partial charge in [0.1, 0.15) is 6.61 Å². The second-order valence-corrected chi connectivity index (χ2v) is 4.61. The fraction of sp³-hybridized carbons (Fsp3) is 0.375. The molecule has 0 radical (unpaired) electrons. The Balaban J connectivity index is 1.74. The van der Waals surface area contributed by atoms with Gasteiger partial charge in [0.2, 0.25) is 5.76 Å². The van der Waals surface area contributed by atoms with E-state index in [0.717, 1.165) is 12.0 Å². The minimum atomic E-state index is -0.307. The van der Waals surface area contributed by atoms with Crippen molar-refractivity contribution >= 4 is 5.91 Å². The number of carbonyl (C=O) groups is 1. The van der Waals surface area contributed by atoms with E-state index in [0.29, 0.717) is 32.2 Å². The molecule has 0 saturated carbocycles. The Hall–Kier alpha value is -2.34. The van der Waals surface area contributed by atoms with Crippen molar-refractivity contribution in [1.82, 2.24) is 10.5 Å². The van der Waals surface area contributed by atoms with Crippen LogP contribution in [0.5, 0.6) is 5.88 Å². The highest BCUT2D eigenvalue weighted by Crippen LogP contribution is 2.13. The maximum Gasteiger partial charge on any atom is 0.290 e. The summed E-state index contributed by atoms with van der Waals surface area (Å²) in [6.07, 6.45) is 0.755. The first kappa shape index (κ1) is 16.0. The summed E-state index contributed by atoms with van der Waals surface area (Å²) in [5.74, 6) is 0.126. The third kappa shape index (κ3) is 5.21. The molecule has 1 aromatic heterocycles.